The van der Waals surface area contributed by atoms with Gasteiger partial charge in [0.25, 0.3) is 0 Å². The summed E-state index contributed by atoms with van der Waals surface area (Å²) in [7, 11) is 0. The minimum atomic E-state index is 0.146. The smallest absolute Gasteiger partial charge is 0.217 e. The van der Waals surface area contributed by atoms with Crippen molar-refractivity contribution in [2.24, 2.45) is 0 Å². The highest BCUT2D eigenvalue weighted by atomic mass is 16.5. The van der Waals surface area contributed by atoms with Gasteiger partial charge in [-0.05, 0) is 31.4 Å². The predicted molar refractivity (Wildman–Crippen MR) is 79.5 cm³/mol. The van der Waals surface area contributed by atoms with E-state index in [-0.39, 0.29) is 6.10 Å². The van der Waals surface area contributed by atoms with Crippen molar-refractivity contribution >= 4 is 0 Å². The van der Waals surface area contributed by atoms with Gasteiger partial charge in [0.15, 0.2) is 0 Å². The number of pyridine rings is 1. The molecule has 19 heavy (non-hydrogen) atoms. The lowest BCUT2D eigenvalue weighted by Crippen LogP contribution is -2.09. The first kappa shape index (κ1) is 13.6. The normalized spacial score (nSPS) is 11.1. The molecule has 0 radical (unpaired) electrons. The van der Waals surface area contributed by atoms with Crippen molar-refractivity contribution in [1.29, 1.82) is 0 Å². The van der Waals surface area contributed by atoms with Crippen LogP contribution in [0.3, 0.4) is 0 Å². The molecule has 2 heteroatoms. The number of nitrogens with zero attached hydrogens (tertiary/aromatic N) is 1. The Balaban J connectivity index is 2.42. The number of hydrogen-bond acceptors (Lipinski definition) is 2. The molecule has 2 nitrogen and oxygen atoms in total. The quantitative estimate of drug-likeness (QED) is 0.792. The van der Waals surface area contributed by atoms with Crippen LogP contribution in [0, 0.1) is 0 Å². The van der Waals surface area contributed by atoms with Gasteiger partial charge < -0.3 is 4.74 Å². The van der Waals surface area contributed by atoms with Crippen molar-refractivity contribution in [2.75, 3.05) is 0 Å². The average molecular weight is 255 g/mol. The molecule has 0 aliphatic carbocycles. The third-order valence-corrected chi connectivity index (χ3v) is 2.96. The maximum Gasteiger partial charge on any atom is 0.217 e. The molecule has 0 aliphatic heterocycles. The Kier molecular flexibility index (Phi) is 4.20. The lowest BCUT2D eigenvalue weighted by Gasteiger charge is -2.16. The average Bonchev–Trinajstić information content (AvgIpc) is 2.39. The van der Waals surface area contributed by atoms with Gasteiger partial charge in [0, 0.05) is 17.3 Å². The zero-order valence-electron chi connectivity index (χ0n) is 12.1. The van der Waals surface area contributed by atoms with E-state index in [4.69, 9.17) is 4.74 Å². The molecule has 2 rings (SSSR count). The van der Waals surface area contributed by atoms with Crippen molar-refractivity contribution < 1.29 is 4.74 Å². The molecule has 1 aromatic heterocycles. The van der Waals surface area contributed by atoms with Gasteiger partial charge in [-0.1, -0.05) is 44.2 Å². The molecule has 0 N–H and O–H groups in total. The molecule has 0 bridgehead atoms. The summed E-state index contributed by atoms with van der Waals surface area (Å²) in [5.74, 6) is 1.15. The fourth-order valence-electron chi connectivity index (χ4n) is 1.99. The van der Waals surface area contributed by atoms with Crippen molar-refractivity contribution in [3.05, 3.63) is 48.2 Å². The zero-order chi connectivity index (χ0) is 13.8. The van der Waals surface area contributed by atoms with Crippen LogP contribution >= 0.6 is 0 Å². The van der Waals surface area contributed by atoms with Crippen LogP contribution in [0.1, 0.15) is 39.2 Å². The van der Waals surface area contributed by atoms with E-state index in [0.29, 0.717) is 5.92 Å². The van der Waals surface area contributed by atoms with Crippen LogP contribution in [0.15, 0.2) is 42.6 Å². The highest BCUT2D eigenvalue weighted by molar-refractivity contribution is 5.64. The predicted octanol–water partition coefficient (Wildman–Crippen LogP) is 4.66. The van der Waals surface area contributed by atoms with Crippen LogP contribution in [0.5, 0.6) is 5.88 Å². The summed E-state index contributed by atoms with van der Waals surface area (Å²) in [6.45, 7) is 8.38. The van der Waals surface area contributed by atoms with Crippen LogP contribution < -0.4 is 4.74 Å². The fraction of sp³-hybridized carbons (Fsp3) is 0.353. The lowest BCUT2D eigenvalue weighted by atomic mass is 10.00. The topological polar surface area (TPSA) is 22.1 Å². The van der Waals surface area contributed by atoms with Crippen LogP contribution in [0.4, 0.5) is 0 Å². The number of benzene rings is 1. The minimum absolute atomic E-state index is 0.146. The molecule has 100 valence electrons. The summed E-state index contributed by atoms with van der Waals surface area (Å²) in [6, 6.07) is 12.5. The second-order valence-electron chi connectivity index (χ2n) is 5.31. The molecule has 0 unspecified atom stereocenters. The first-order chi connectivity index (χ1) is 9.08. The summed E-state index contributed by atoms with van der Waals surface area (Å²) < 4.78 is 5.79. The lowest BCUT2D eigenvalue weighted by molar-refractivity contribution is 0.229. The van der Waals surface area contributed by atoms with Crippen molar-refractivity contribution in [3.63, 3.8) is 0 Å². The fourth-order valence-corrected chi connectivity index (χ4v) is 1.99. The van der Waals surface area contributed by atoms with Gasteiger partial charge in [-0.3, -0.25) is 0 Å². The van der Waals surface area contributed by atoms with E-state index >= 15 is 0 Å². The minimum Gasteiger partial charge on any atom is -0.475 e. The van der Waals surface area contributed by atoms with E-state index in [0.717, 1.165) is 17.0 Å². The molecule has 0 saturated heterocycles. The second kappa shape index (κ2) is 5.87. The SMILES string of the molecule is CC(C)Oc1ncc(-c2ccccc2)cc1C(C)C. The van der Waals surface area contributed by atoms with Gasteiger partial charge in [0.1, 0.15) is 0 Å². The van der Waals surface area contributed by atoms with Crippen molar-refractivity contribution in [1.82, 2.24) is 4.98 Å². The summed E-state index contributed by atoms with van der Waals surface area (Å²) in [5, 5.41) is 0. The molecule has 0 spiro atoms. The Morgan fingerprint density at radius 3 is 2.21 bits per heavy atom. The first-order valence-electron chi connectivity index (χ1n) is 6.80. The maximum atomic E-state index is 5.79. The Morgan fingerprint density at radius 2 is 1.63 bits per heavy atom. The van der Waals surface area contributed by atoms with E-state index in [9.17, 15) is 0 Å². The van der Waals surface area contributed by atoms with Gasteiger partial charge in [0.2, 0.25) is 5.88 Å². The summed E-state index contributed by atoms with van der Waals surface area (Å²) in [5.41, 5.74) is 3.49. The molecule has 0 amide bonds. The standard InChI is InChI=1S/C17H21NO/c1-12(2)16-10-15(14-8-6-5-7-9-14)11-18-17(16)19-13(3)4/h5-13H,1-4H3. The Labute approximate surface area is 115 Å². The van der Waals surface area contributed by atoms with E-state index in [1.807, 2.05) is 38.2 Å². The van der Waals surface area contributed by atoms with Gasteiger partial charge in [-0.15, -0.1) is 0 Å². The number of hydrogen-bond donors (Lipinski definition) is 0. The molecule has 0 aliphatic rings. The largest absolute Gasteiger partial charge is 0.475 e. The number of aromatic nitrogens is 1. The summed E-state index contributed by atoms with van der Waals surface area (Å²) >= 11 is 0. The van der Waals surface area contributed by atoms with Crippen LogP contribution in [0.2, 0.25) is 0 Å². The first-order valence-corrected chi connectivity index (χ1v) is 6.80. The molecule has 2 aromatic rings. The molecule has 0 saturated carbocycles. The molecular formula is C17H21NO. The molecule has 0 fully saturated rings. The zero-order valence-corrected chi connectivity index (χ0v) is 12.1. The van der Waals surface area contributed by atoms with E-state index < -0.39 is 0 Å². The van der Waals surface area contributed by atoms with Gasteiger partial charge >= 0.3 is 0 Å². The molecule has 1 heterocycles. The molecule has 1 aromatic carbocycles. The van der Waals surface area contributed by atoms with E-state index in [2.05, 4.69) is 37.0 Å². The van der Waals surface area contributed by atoms with Crippen LogP contribution in [-0.2, 0) is 0 Å². The monoisotopic (exact) mass is 255 g/mol. The maximum absolute atomic E-state index is 5.79. The Hall–Kier alpha value is -1.83. The van der Waals surface area contributed by atoms with Gasteiger partial charge in [0.05, 0.1) is 6.10 Å². The molecular weight excluding hydrogens is 234 g/mol. The van der Waals surface area contributed by atoms with E-state index in [1.165, 1.54) is 5.56 Å². The van der Waals surface area contributed by atoms with Crippen molar-refractivity contribution in [2.45, 2.75) is 39.7 Å². The van der Waals surface area contributed by atoms with Crippen LogP contribution in [0.25, 0.3) is 11.1 Å². The highest BCUT2D eigenvalue weighted by Gasteiger charge is 2.12. The third kappa shape index (κ3) is 3.34. The third-order valence-electron chi connectivity index (χ3n) is 2.96. The highest BCUT2D eigenvalue weighted by Crippen LogP contribution is 2.29. The summed E-state index contributed by atoms with van der Waals surface area (Å²) in [6.07, 6.45) is 2.03. The summed E-state index contributed by atoms with van der Waals surface area (Å²) in [4.78, 5) is 4.49. The molecule has 0 atom stereocenters. The second-order valence-corrected chi connectivity index (χ2v) is 5.31. The number of rotatable bonds is 4. The Morgan fingerprint density at radius 1 is 0.947 bits per heavy atom. The van der Waals surface area contributed by atoms with Gasteiger partial charge in [-0.2, -0.15) is 0 Å². The van der Waals surface area contributed by atoms with E-state index in [1.54, 1.807) is 0 Å². The Bertz CT molecular complexity index is 532. The number of ether oxygens (including phenoxy) is 1. The van der Waals surface area contributed by atoms with Crippen molar-refractivity contribution in [3.8, 4) is 17.0 Å². The van der Waals surface area contributed by atoms with Gasteiger partial charge in [-0.25, -0.2) is 4.98 Å². The van der Waals surface area contributed by atoms with Crippen LogP contribution in [-0.4, -0.2) is 11.1 Å².